The summed E-state index contributed by atoms with van der Waals surface area (Å²) in [6.07, 6.45) is -2.80. The first kappa shape index (κ1) is 18.6. The number of nitrogens with zero attached hydrogens (tertiary/aromatic N) is 3. The van der Waals surface area contributed by atoms with E-state index >= 15 is 0 Å². The molecule has 3 aromatic rings. The van der Waals surface area contributed by atoms with E-state index in [0.29, 0.717) is 12.2 Å². The van der Waals surface area contributed by atoms with Crippen LogP contribution in [0.25, 0.3) is 11.2 Å². The summed E-state index contributed by atoms with van der Waals surface area (Å²) in [5, 5.41) is 29.5. The molecule has 1 fully saturated rings. The largest absolute Gasteiger partial charge is 0.497 e. The van der Waals surface area contributed by atoms with Crippen LogP contribution >= 0.6 is 0 Å². The van der Waals surface area contributed by atoms with Crippen LogP contribution in [0.5, 0.6) is 5.75 Å². The normalized spacial score (nSPS) is 24.7. The van der Waals surface area contributed by atoms with Gasteiger partial charge in [-0.3, -0.25) is 9.36 Å². The minimum atomic E-state index is -1.29. The highest BCUT2D eigenvalue weighted by Gasteiger charge is 2.44. The summed E-state index contributed by atoms with van der Waals surface area (Å²) >= 11 is 0. The molecule has 1 aliphatic heterocycles. The molecule has 0 saturated carbocycles. The third-order valence-corrected chi connectivity index (χ3v) is 4.80. The van der Waals surface area contributed by atoms with Crippen molar-refractivity contribution in [2.24, 2.45) is 0 Å². The Morgan fingerprint density at radius 1 is 1.25 bits per heavy atom. The highest BCUT2D eigenvalue weighted by Crippen LogP contribution is 2.30. The van der Waals surface area contributed by atoms with Gasteiger partial charge in [0.25, 0.3) is 5.56 Å². The lowest BCUT2D eigenvalue weighted by molar-refractivity contribution is -0.0511. The van der Waals surface area contributed by atoms with Gasteiger partial charge in [0.05, 0.1) is 20.0 Å². The van der Waals surface area contributed by atoms with Gasteiger partial charge >= 0.3 is 0 Å². The van der Waals surface area contributed by atoms with Crippen molar-refractivity contribution < 1.29 is 24.8 Å². The number of aliphatic hydroxyl groups is 3. The van der Waals surface area contributed by atoms with Crippen LogP contribution < -0.4 is 10.3 Å². The third-order valence-electron chi connectivity index (χ3n) is 4.80. The summed E-state index contributed by atoms with van der Waals surface area (Å²) in [6, 6.07) is 7.36. The molecule has 0 aliphatic carbocycles. The monoisotopic (exact) mass is 388 g/mol. The lowest BCUT2D eigenvalue weighted by atomic mass is 10.1. The maximum Gasteiger partial charge on any atom is 0.279 e. The lowest BCUT2D eigenvalue weighted by Gasteiger charge is -2.16. The van der Waals surface area contributed by atoms with Crippen LogP contribution in [0.4, 0.5) is 0 Å². The van der Waals surface area contributed by atoms with Gasteiger partial charge in [-0.15, -0.1) is 0 Å². The van der Waals surface area contributed by atoms with Crippen molar-refractivity contribution in [1.29, 1.82) is 0 Å². The number of nitrogens with one attached hydrogen (secondary N) is 1. The molecule has 28 heavy (non-hydrogen) atoms. The van der Waals surface area contributed by atoms with E-state index in [9.17, 15) is 20.1 Å². The average molecular weight is 388 g/mol. The fourth-order valence-corrected chi connectivity index (χ4v) is 3.29. The highest BCUT2D eigenvalue weighted by molar-refractivity contribution is 5.69. The number of aromatic nitrogens is 4. The van der Waals surface area contributed by atoms with Gasteiger partial charge in [0.2, 0.25) is 0 Å². The van der Waals surface area contributed by atoms with Crippen LogP contribution in [0.15, 0.2) is 35.4 Å². The molecule has 0 bridgehead atoms. The minimum absolute atomic E-state index is 0.0937. The third kappa shape index (κ3) is 3.16. The number of benzene rings is 1. The first-order valence-electron chi connectivity index (χ1n) is 8.73. The van der Waals surface area contributed by atoms with Crippen LogP contribution in [0, 0.1) is 0 Å². The fraction of sp³-hybridized carbons (Fsp3) is 0.389. The Hall–Kier alpha value is -2.79. The quantitative estimate of drug-likeness (QED) is 0.451. The van der Waals surface area contributed by atoms with Gasteiger partial charge in [-0.05, 0) is 17.7 Å². The average Bonchev–Trinajstić information content (AvgIpc) is 3.24. The van der Waals surface area contributed by atoms with Crippen LogP contribution in [0.1, 0.15) is 17.6 Å². The summed E-state index contributed by atoms with van der Waals surface area (Å²) in [6.45, 7) is -0.446. The van der Waals surface area contributed by atoms with Crippen molar-refractivity contribution in [3.05, 3.63) is 52.3 Å². The summed E-state index contributed by atoms with van der Waals surface area (Å²) in [4.78, 5) is 23.6. The second kappa shape index (κ2) is 7.32. The predicted octanol–water partition coefficient (Wildman–Crippen LogP) is -0.670. The van der Waals surface area contributed by atoms with Crippen molar-refractivity contribution >= 4 is 11.2 Å². The van der Waals surface area contributed by atoms with E-state index in [0.717, 1.165) is 11.3 Å². The van der Waals surface area contributed by atoms with E-state index in [1.807, 2.05) is 24.3 Å². The van der Waals surface area contributed by atoms with Gasteiger partial charge in [-0.2, -0.15) is 0 Å². The molecule has 0 spiro atoms. The molecule has 3 heterocycles. The second-order valence-corrected chi connectivity index (χ2v) is 6.59. The molecule has 0 radical (unpaired) electrons. The zero-order valence-electron chi connectivity index (χ0n) is 15.0. The molecule has 2 aromatic heterocycles. The van der Waals surface area contributed by atoms with Crippen molar-refractivity contribution in [1.82, 2.24) is 19.5 Å². The lowest BCUT2D eigenvalue weighted by Crippen LogP contribution is -2.33. The number of rotatable bonds is 5. The molecule has 1 saturated heterocycles. The Bertz CT molecular complexity index is 1030. The Kier molecular flexibility index (Phi) is 4.85. The Balaban J connectivity index is 1.69. The van der Waals surface area contributed by atoms with Crippen LogP contribution in [-0.4, -0.2) is 66.9 Å². The SMILES string of the molecule is COc1ccc(Cc2nc3c(ncn3[C@@H]3O[C@H](CO)[C@@H](O)[C@H]3O)c(=O)[nH]2)cc1. The van der Waals surface area contributed by atoms with Crippen LogP contribution in [0.3, 0.4) is 0 Å². The maximum atomic E-state index is 12.4. The van der Waals surface area contributed by atoms with E-state index in [2.05, 4.69) is 15.0 Å². The Morgan fingerprint density at radius 3 is 2.64 bits per heavy atom. The molecule has 4 rings (SSSR count). The van der Waals surface area contributed by atoms with Gasteiger partial charge in [0.15, 0.2) is 17.4 Å². The number of aromatic amines is 1. The summed E-state index contributed by atoms with van der Waals surface area (Å²) < 4.78 is 12.0. The van der Waals surface area contributed by atoms with E-state index in [1.54, 1.807) is 7.11 Å². The van der Waals surface area contributed by atoms with Crippen molar-refractivity contribution in [3.8, 4) is 5.75 Å². The fourth-order valence-electron chi connectivity index (χ4n) is 3.29. The smallest absolute Gasteiger partial charge is 0.279 e. The van der Waals surface area contributed by atoms with E-state index in [-0.39, 0.29) is 11.2 Å². The van der Waals surface area contributed by atoms with Crippen molar-refractivity contribution in [3.63, 3.8) is 0 Å². The Labute approximate surface area is 159 Å². The highest BCUT2D eigenvalue weighted by atomic mass is 16.6. The molecule has 0 unspecified atom stereocenters. The van der Waals surface area contributed by atoms with Gasteiger partial charge < -0.3 is 29.8 Å². The summed E-state index contributed by atoms with van der Waals surface area (Å²) in [5.41, 5.74) is 0.819. The molecule has 10 heteroatoms. The number of ether oxygens (including phenoxy) is 2. The zero-order chi connectivity index (χ0) is 19.8. The second-order valence-electron chi connectivity index (χ2n) is 6.59. The van der Waals surface area contributed by atoms with Gasteiger partial charge in [-0.25, -0.2) is 9.97 Å². The van der Waals surface area contributed by atoms with Gasteiger partial charge in [-0.1, -0.05) is 12.1 Å². The molecule has 0 amide bonds. The van der Waals surface area contributed by atoms with Crippen LogP contribution in [0.2, 0.25) is 0 Å². The minimum Gasteiger partial charge on any atom is -0.497 e. The molecular weight excluding hydrogens is 368 g/mol. The number of hydrogen-bond donors (Lipinski definition) is 4. The first-order valence-corrected chi connectivity index (χ1v) is 8.73. The number of fused-ring (bicyclic) bond motifs is 1. The van der Waals surface area contributed by atoms with Crippen molar-refractivity contribution in [2.75, 3.05) is 13.7 Å². The summed E-state index contributed by atoms with van der Waals surface area (Å²) in [5.74, 6) is 1.14. The topological polar surface area (TPSA) is 143 Å². The molecule has 4 atom stereocenters. The van der Waals surface area contributed by atoms with E-state index < -0.39 is 36.7 Å². The Morgan fingerprint density at radius 2 is 2.00 bits per heavy atom. The first-order chi connectivity index (χ1) is 13.5. The van der Waals surface area contributed by atoms with E-state index in [4.69, 9.17) is 9.47 Å². The molecule has 4 N–H and O–H groups in total. The van der Waals surface area contributed by atoms with Crippen LogP contribution in [-0.2, 0) is 11.2 Å². The number of imidazole rings is 1. The zero-order valence-corrected chi connectivity index (χ0v) is 15.0. The molecule has 10 nitrogen and oxygen atoms in total. The summed E-state index contributed by atoms with van der Waals surface area (Å²) in [7, 11) is 1.58. The van der Waals surface area contributed by atoms with E-state index in [1.165, 1.54) is 10.9 Å². The molecular formula is C18H20N4O6. The predicted molar refractivity (Wildman–Crippen MR) is 97.0 cm³/mol. The number of hydrogen-bond acceptors (Lipinski definition) is 8. The molecule has 148 valence electrons. The maximum absolute atomic E-state index is 12.4. The standard InChI is InChI=1S/C18H20N4O6/c1-27-10-4-2-9(3-5-10)6-12-20-16-13(17(26)21-12)19-8-22(16)18-15(25)14(24)11(7-23)28-18/h2-5,8,11,14-15,18,23-25H,6-7H2,1H3,(H,20,21,26)/t11-,14-,15-,18-/m1/s1. The number of methoxy groups -OCH3 is 1. The number of H-pyrrole nitrogens is 1. The van der Waals surface area contributed by atoms with Crippen molar-refractivity contribution in [2.45, 2.75) is 31.0 Å². The van der Waals surface area contributed by atoms with Gasteiger partial charge in [0, 0.05) is 6.42 Å². The van der Waals surface area contributed by atoms with Gasteiger partial charge in [0.1, 0.15) is 29.9 Å². The molecule has 1 aliphatic rings. The number of aliphatic hydroxyl groups excluding tert-OH is 3. The molecule has 1 aromatic carbocycles.